The summed E-state index contributed by atoms with van der Waals surface area (Å²) < 4.78 is 0. The minimum atomic E-state index is -0.941. The van der Waals surface area contributed by atoms with Crippen LogP contribution in [0.5, 0.6) is 0 Å². The van der Waals surface area contributed by atoms with Crippen molar-refractivity contribution in [2.24, 2.45) is 5.92 Å². The van der Waals surface area contributed by atoms with Crippen molar-refractivity contribution in [1.82, 2.24) is 10.2 Å². The zero-order valence-electron chi connectivity index (χ0n) is 10.4. The number of rotatable bonds is 5. The minimum Gasteiger partial charge on any atom is -0.480 e. The van der Waals surface area contributed by atoms with E-state index in [0.29, 0.717) is 12.5 Å². The lowest BCUT2D eigenvalue weighted by Crippen LogP contribution is -2.48. The largest absolute Gasteiger partial charge is 0.480 e. The number of carbonyl (C=O) groups is 2. The van der Waals surface area contributed by atoms with Crippen LogP contribution in [-0.2, 0) is 4.79 Å². The highest BCUT2D eigenvalue weighted by molar-refractivity contribution is 7.99. The smallest absolute Gasteiger partial charge is 0.323 e. The van der Waals surface area contributed by atoms with Crippen LogP contribution in [0.3, 0.4) is 0 Å². The van der Waals surface area contributed by atoms with Gasteiger partial charge in [0.2, 0.25) is 0 Å². The standard InChI is InChI=1S/C12H20N2O3S/c15-11(16)7-14(6-9-3-4-9)12(17)13-10-2-1-5-18-8-10/h9-10H,1-8H2,(H,13,17)(H,15,16). The van der Waals surface area contributed by atoms with Gasteiger partial charge in [0.05, 0.1) is 0 Å². The van der Waals surface area contributed by atoms with Gasteiger partial charge in [-0.15, -0.1) is 0 Å². The number of nitrogens with zero attached hydrogens (tertiary/aromatic N) is 1. The van der Waals surface area contributed by atoms with Gasteiger partial charge in [0, 0.05) is 18.3 Å². The van der Waals surface area contributed by atoms with Gasteiger partial charge in [-0.1, -0.05) is 0 Å². The SMILES string of the molecule is O=C(O)CN(CC1CC1)C(=O)NC1CCCSC1. The minimum absolute atomic E-state index is 0.192. The van der Waals surface area contributed by atoms with Crippen LogP contribution in [0.25, 0.3) is 0 Å². The Morgan fingerprint density at radius 1 is 1.33 bits per heavy atom. The first-order valence-corrected chi connectivity index (χ1v) is 7.65. The molecule has 1 heterocycles. The lowest BCUT2D eigenvalue weighted by atomic mass is 10.2. The Morgan fingerprint density at radius 3 is 2.67 bits per heavy atom. The maximum absolute atomic E-state index is 12.1. The Kier molecular flexibility index (Phi) is 4.74. The molecule has 1 aliphatic carbocycles. The van der Waals surface area contributed by atoms with Crippen molar-refractivity contribution in [2.75, 3.05) is 24.6 Å². The molecule has 2 N–H and O–H groups in total. The fourth-order valence-electron chi connectivity index (χ4n) is 2.12. The summed E-state index contributed by atoms with van der Waals surface area (Å²) in [7, 11) is 0. The van der Waals surface area contributed by atoms with Crippen molar-refractivity contribution in [3.05, 3.63) is 0 Å². The molecule has 2 fully saturated rings. The third kappa shape index (κ3) is 4.40. The second-order valence-corrected chi connectivity index (χ2v) is 6.23. The third-order valence-electron chi connectivity index (χ3n) is 3.28. The molecular formula is C12H20N2O3S. The van der Waals surface area contributed by atoms with E-state index in [1.807, 2.05) is 11.8 Å². The summed E-state index contributed by atoms with van der Waals surface area (Å²) in [5, 5.41) is 11.8. The van der Waals surface area contributed by atoms with Crippen LogP contribution in [-0.4, -0.2) is 52.6 Å². The van der Waals surface area contributed by atoms with Gasteiger partial charge in [-0.2, -0.15) is 11.8 Å². The average Bonchev–Trinajstić information content (AvgIpc) is 3.13. The highest BCUT2D eigenvalue weighted by Gasteiger charge is 2.29. The number of carboxylic acids is 1. The van der Waals surface area contributed by atoms with E-state index < -0.39 is 5.97 Å². The molecule has 2 rings (SSSR count). The fourth-order valence-corrected chi connectivity index (χ4v) is 3.19. The van der Waals surface area contributed by atoms with Gasteiger partial charge < -0.3 is 15.3 Å². The molecule has 5 nitrogen and oxygen atoms in total. The van der Waals surface area contributed by atoms with Crippen molar-refractivity contribution in [2.45, 2.75) is 31.7 Å². The lowest BCUT2D eigenvalue weighted by Gasteiger charge is -2.27. The van der Waals surface area contributed by atoms with Crippen molar-refractivity contribution >= 4 is 23.8 Å². The molecule has 1 unspecified atom stereocenters. The van der Waals surface area contributed by atoms with Gasteiger partial charge in [0.15, 0.2) is 0 Å². The molecule has 1 atom stereocenters. The zero-order valence-corrected chi connectivity index (χ0v) is 11.2. The lowest BCUT2D eigenvalue weighted by molar-refractivity contribution is -0.137. The molecule has 0 aromatic rings. The second kappa shape index (κ2) is 6.31. The van der Waals surface area contributed by atoms with Crippen molar-refractivity contribution in [1.29, 1.82) is 0 Å². The molecular weight excluding hydrogens is 252 g/mol. The molecule has 0 aromatic heterocycles. The monoisotopic (exact) mass is 272 g/mol. The topological polar surface area (TPSA) is 69.6 Å². The number of thioether (sulfide) groups is 1. The molecule has 1 saturated carbocycles. The van der Waals surface area contributed by atoms with E-state index in [2.05, 4.69) is 5.32 Å². The summed E-state index contributed by atoms with van der Waals surface area (Å²) in [6.45, 7) is 0.389. The van der Waals surface area contributed by atoms with Crippen LogP contribution in [0, 0.1) is 5.92 Å². The number of hydrogen-bond acceptors (Lipinski definition) is 3. The molecule has 18 heavy (non-hydrogen) atoms. The number of carboxylic acid groups (broad SMARTS) is 1. The van der Waals surface area contributed by atoms with Gasteiger partial charge in [-0.05, 0) is 37.4 Å². The molecule has 102 valence electrons. The number of amides is 2. The summed E-state index contributed by atoms with van der Waals surface area (Å²) in [5.41, 5.74) is 0. The predicted octanol–water partition coefficient (Wildman–Crippen LogP) is 1.39. The zero-order chi connectivity index (χ0) is 13.0. The number of aliphatic carboxylic acids is 1. The second-order valence-electron chi connectivity index (χ2n) is 5.08. The Balaban J connectivity index is 1.82. The Morgan fingerprint density at radius 2 is 2.11 bits per heavy atom. The maximum atomic E-state index is 12.1. The van der Waals surface area contributed by atoms with Crippen LogP contribution in [0.2, 0.25) is 0 Å². The number of carbonyl (C=O) groups excluding carboxylic acids is 1. The van der Waals surface area contributed by atoms with E-state index in [0.717, 1.165) is 37.2 Å². The summed E-state index contributed by atoms with van der Waals surface area (Å²) in [6.07, 6.45) is 4.35. The molecule has 0 aromatic carbocycles. The van der Waals surface area contributed by atoms with Gasteiger partial charge in [-0.25, -0.2) is 4.79 Å². The van der Waals surface area contributed by atoms with Gasteiger partial charge in [-0.3, -0.25) is 4.79 Å². The number of nitrogens with one attached hydrogen (secondary N) is 1. The molecule has 1 aliphatic heterocycles. The Bertz CT molecular complexity index is 314. The summed E-state index contributed by atoms with van der Waals surface area (Å²) in [6, 6.07) is -0.0106. The molecule has 0 radical (unpaired) electrons. The molecule has 0 spiro atoms. The molecule has 2 amide bonds. The van der Waals surface area contributed by atoms with E-state index in [1.54, 1.807) is 0 Å². The highest BCUT2D eigenvalue weighted by atomic mass is 32.2. The van der Waals surface area contributed by atoms with Gasteiger partial charge >= 0.3 is 12.0 Å². The van der Waals surface area contributed by atoms with Crippen molar-refractivity contribution in [3.8, 4) is 0 Å². The first-order chi connectivity index (χ1) is 8.65. The van der Waals surface area contributed by atoms with E-state index in [9.17, 15) is 9.59 Å². The first-order valence-electron chi connectivity index (χ1n) is 6.50. The normalized spacial score (nSPS) is 23.4. The van der Waals surface area contributed by atoms with Crippen LogP contribution in [0.4, 0.5) is 4.79 Å². The van der Waals surface area contributed by atoms with E-state index in [4.69, 9.17) is 5.11 Å². The first kappa shape index (κ1) is 13.5. The van der Waals surface area contributed by atoms with E-state index in [1.165, 1.54) is 4.90 Å². The Labute approximate surface area is 111 Å². The van der Waals surface area contributed by atoms with Crippen LogP contribution >= 0.6 is 11.8 Å². The third-order valence-corrected chi connectivity index (χ3v) is 4.49. The van der Waals surface area contributed by atoms with Crippen LogP contribution in [0.1, 0.15) is 25.7 Å². The fraction of sp³-hybridized carbons (Fsp3) is 0.833. The number of urea groups is 1. The summed E-state index contributed by atoms with van der Waals surface area (Å²) in [5.74, 6) is 1.67. The van der Waals surface area contributed by atoms with Crippen LogP contribution in [0.15, 0.2) is 0 Å². The van der Waals surface area contributed by atoms with Crippen molar-refractivity contribution < 1.29 is 14.7 Å². The highest BCUT2D eigenvalue weighted by Crippen LogP contribution is 2.29. The quantitative estimate of drug-likeness (QED) is 0.793. The van der Waals surface area contributed by atoms with E-state index in [-0.39, 0.29) is 18.6 Å². The Hall–Kier alpha value is -0.910. The molecule has 1 saturated heterocycles. The summed E-state index contributed by atoms with van der Waals surface area (Å²) >= 11 is 1.85. The maximum Gasteiger partial charge on any atom is 0.323 e. The summed E-state index contributed by atoms with van der Waals surface area (Å²) in [4.78, 5) is 24.3. The van der Waals surface area contributed by atoms with Gasteiger partial charge in [0.25, 0.3) is 0 Å². The average molecular weight is 272 g/mol. The van der Waals surface area contributed by atoms with Crippen LogP contribution < -0.4 is 5.32 Å². The van der Waals surface area contributed by atoms with Crippen molar-refractivity contribution in [3.63, 3.8) is 0 Å². The predicted molar refractivity (Wildman–Crippen MR) is 70.8 cm³/mol. The van der Waals surface area contributed by atoms with Gasteiger partial charge in [0.1, 0.15) is 6.54 Å². The molecule has 2 aliphatic rings. The number of hydrogen-bond donors (Lipinski definition) is 2. The van der Waals surface area contributed by atoms with E-state index >= 15 is 0 Å². The molecule has 6 heteroatoms. The molecule has 0 bridgehead atoms.